The molecule has 1 N–H and O–H groups in total. The van der Waals surface area contributed by atoms with Gasteiger partial charge in [-0.15, -0.1) is 0 Å². The van der Waals surface area contributed by atoms with Gasteiger partial charge in [0.1, 0.15) is 17.6 Å². The fourth-order valence-corrected chi connectivity index (χ4v) is 4.43. The lowest BCUT2D eigenvalue weighted by atomic mass is 9.64. The van der Waals surface area contributed by atoms with Gasteiger partial charge in [-0.1, -0.05) is 64.4 Å². The Balaban J connectivity index is 1.77. The van der Waals surface area contributed by atoms with Gasteiger partial charge in [0.05, 0.1) is 0 Å². The molecule has 1 aromatic carbocycles. The standard InChI is InChI=1S/C24H32O4/c1-5-18-12-14-20(27-18)22(25)23(26)28-21-15-16(2)11-13-19(21)24(3,4)17-9-7-6-8-10-17/h6-10,12,14,16,19,21-22,25H,5,11,13,15H2,1-4H3/t16-,19-,21-,22-/m1/s1. The minimum Gasteiger partial charge on any atom is -0.463 e. The molecule has 4 atom stereocenters. The Morgan fingerprint density at radius 3 is 2.57 bits per heavy atom. The first-order valence-corrected chi connectivity index (χ1v) is 10.4. The number of carbonyl (C=O) groups excluding carboxylic acids is 1. The zero-order chi connectivity index (χ0) is 20.3. The summed E-state index contributed by atoms with van der Waals surface area (Å²) in [6.07, 6.45) is 2.06. The van der Waals surface area contributed by atoms with Crippen molar-refractivity contribution in [3.63, 3.8) is 0 Å². The maximum Gasteiger partial charge on any atom is 0.343 e. The van der Waals surface area contributed by atoms with E-state index in [0.29, 0.717) is 5.92 Å². The SMILES string of the molecule is CCc1ccc([C@@H](O)C(=O)O[C@@H]2C[C@H](C)CC[C@H]2C(C)(C)c2ccccc2)o1. The van der Waals surface area contributed by atoms with E-state index in [1.165, 1.54) is 5.56 Å². The van der Waals surface area contributed by atoms with Crippen molar-refractivity contribution in [2.24, 2.45) is 11.8 Å². The molecule has 1 heterocycles. The molecule has 4 nitrogen and oxygen atoms in total. The molecule has 1 saturated carbocycles. The second-order valence-corrected chi connectivity index (χ2v) is 8.65. The van der Waals surface area contributed by atoms with Crippen LogP contribution in [0.25, 0.3) is 0 Å². The molecule has 0 radical (unpaired) electrons. The first kappa shape index (κ1) is 20.7. The molecule has 0 spiro atoms. The molecule has 1 fully saturated rings. The number of ether oxygens (including phenoxy) is 1. The van der Waals surface area contributed by atoms with E-state index in [9.17, 15) is 9.90 Å². The zero-order valence-electron chi connectivity index (χ0n) is 17.4. The molecule has 2 aromatic rings. The van der Waals surface area contributed by atoms with Crippen molar-refractivity contribution in [3.05, 3.63) is 59.5 Å². The Kier molecular flexibility index (Phi) is 6.29. The number of furan rings is 1. The normalized spacial score (nSPS) is 24.0. The summed E-state index contributed by atoms with van der Waals surface area (Å²) >= 11 is 0. The van der Waals surface area contributed by atoms with Crippen LogP contribution in [0, 0.1) is 11.8 Å². The maximum atomic E-state index is 12.7. The lowest BCUT2D eigenvalue weighted by Gasteiger charge is -2.44. The van der Waals surface area contributed by atoms with Gasteiger partial charge < -0.3 is 14.3 Å². The number of aryl methyl sites for hydroxylation is 1. The Morgan fingerprint density at radius 2 is 1.93 bits per heavy atom. The van der Waals surface area contributed by atoms with Crippen molar-refractivity contribution in [1.29, 1.82) is 0 Å². The van der Waals surface area contributed by atoms with Crippen LogP contribution in [0.4, 0.5) is 0 Å². The number of rotatable bonds is 6. The summed E-state index contributed by atoms with van der Waals surface area (Å²) in [6.45, 7) is 8.61. The molecule has 0 aliphatic heterocycles. The summed E-state index contributed by atoms with van der Waals surface area (Å²) in [4.78, 5) is 12.7. The quantitative estimate of drug-likeness (QED) is 0.695. The van der Waals surface area contributed by atoms with E-state index in [-0.39, 0.29) is 23.2 Å². The van der Waals surface area contributed by atoms with E-state index < -0.39 is 12.1 Å². The fourth-order valence-electron chi connectivity index (χ4n) is 4.43. The molecule has 0 bridgehead atoms. The highest BCUT2D eigenvalue weighted by atomic mass is 16.6. The van der Waals surface area contributed by atoms with Crippen molar-refractivity contribution in [2.45, 2.75) is 71.0 Å². The van der Waals surface area contributed by atoms with E-state index in [0.717, 1.165) is 31.4 Å². The smallest absolute Gasteiger partial charge is 0.343 e. The third-order valence-corrected chi connectivity index (χ3v) is 6.29. The number of aliphatic hydroxyl groups excluding tert-OH is 1. The van der Waals surface area contributed by atoms with Gasteiger partial charge in [-0.2, -0.15) is 0 Å². The van der Waals surface area contributed by atoms with Crippen molar-refractivity contribution < 1.29 is 19.1 Å². The monoisotopic (exact) mass is 384 g/mol. The van der Waals surface area contributed by atoms with Crippen LogP contribution in [0.1, 0.15) is 70.1 Å². The third-order valence-electron chi connectivity index (χ3n) is 6.29. The van der Waals surface area contributed by atoms with Crippen molar-refractivity contribution in [3.8, 4) is 0 Å². The minimum absolute atomic E-state index is 0.128. The van der Waals surface area contributed by atoms with Crippen LogP contribution in [0.2, 0.25) is 0 Å². The second-order valence-electron chi connectivity index (χ2n) is 8.65. The number of carbonyl (C=O) groups is 1. The molecule has 0 amide bonds. The van der Waals surface area contributed by atoms with Crippen LogP contribution in [0.3, 0.4) is 0 Å². The van der Waals surface area contributed by atoms with Gasteiger partial charge in [0.15, 0.2) is 0 Å². The number of hydrogen-bond acceptors (Lipinski definition) is 4. The van der Waals surface area contributed by atoms with Gasteiger partial charge in [0.25, 0.3) is 0 Å². The van der Waals surface area contributed by atoms with Crippen LogP contribution in [-0.4, -0.2) is 17.2 Å². The van der Waals surface area contributed by atoms with Gasteiger partial charge in [0, 0.05) is 12.3 Å². The Labute approximate surface area is 167 Å². The molecular formula is C24H32O4. The Hall–Kier alpha value is -2.07. The second kappa shape index (κ2) is 8.52. The predicted molar refractivity (Wildman–Crippen MR) is 109 cm³/mol. The molecule has 4 heteroatoms. The maximum absolute atomic E-state index is 12.7. The topological polar surface area (TPSA) is 59.7 Å². The van der Waals surface area contributed by atoms with Gasteiger partial charge in [0.2, 0.25) is 6.10 Å². The highest BCUT2D eigenvalue weighted by Crippen LogP contribution is 2.44. The lowest BCUT2D eigenvalue weighted by Crippen LogP contribution is -2.44. The molecule has 0 unspecified atom stereocenters. The number of hydrogen-bond donors (Lipinski definition) is 1. The number of benzene rings is 1. The summed E-state index contributed by atoms with van der Waals surface area (Å²) in [7, 11) is 0. The molecule has 28 heavy (non-hydrogen) atoms. The Morgan fingerprint density at radius 1 is 1.21 bits per heavy atom. The van der Waals surface area contributed by atoms with Crippen LogP contribution >= 0.6 is 0 Å². The van der Waals surface area contributed by atoms with Crippen molar-refractivity contribution in [2.75, 3.05) is 0 Å². The van der Waals surface area contributed by atoms with Crippen LogP contribution in [0.5, 0.6) is 0 Å². The zero-order valence-corrected chi connectivity index (χ0v) is 17.4. The van der Waals surface area contributed by atoms with Crippen molar-refractivity contribution in [1.82, 2.24) is 0 Å². The molecule has 1 aromatic heterocycles. The summed E-state index contributed by atoms with van der Waals surface area (Å²) in [5, 5.41) is 10.4. The van der Waals surface area contributed by atoms with Crippen LogP contribution < -0.4 is 0 Å². The predicted octanol–water partition coefficient (Wildman–Crippen LogP) is 5.20. The average Bonchev–Trinajstić information content (AvgIpc) is 3.17. The van der Waals surface area contributed by atoms with Crippen LogP contribution in [0.15, 0.2) is 46.9 Å². The molecule has 152 valence electrons. The summed E-state index contributed by atoms with van der Waals surface area (Å²) in [5.41, 5.74) is 1.12. The number of aliphatic hydroxyl groups is 1. The van der Waals surface area contributed by atoms with Crippen LogP contribution in [-0.2, 0) is 21.4 Å². The van der Waals surface area contributed by atoms with E-state index in [1.807, 2.05) is 13.0 Å². The molecular weight excluding hydrogens is 352 g/mol. The third kappa shape index (κ3) is 4.33. The summed E-state index contributed by atoms with van der Waals surface area (Å²) < 4.78 is 11.4. The molecule has 1 aliphatic carbocycles. The largest absolute Gasteiger partial charge is 0.463 e. The van der Waals surface area contributed by atoms with E-state index in [2.05, 4.69) is 45.0 Å². The highest BCUT2D eigenvalue weighted by Gasteiger charge is 2.42. The Bertz CT molecular complexity index is 777. The fraction of sp³-hybridized carbons (Fsp3) is 0.542. The van der Waals surface area contributed by atoms with Gasteiger partial charge >= 0.3 is 5.97 Å². The van der Waals surface area contributed by atoms with E-state index in [1.54, 1.807) is 12.1 Å². The molecule has 1 aliphatic rings. The van der Waals surface area contributed by atoms with E-state index in [4.69, 9.17) is 9.15 Å². The highest BCUT2D eigenvalue weighted by molar-refractivity contribution is 5.75. The molecule has 3 rings (SSSR count). The average molecular weight is 385 g/mol. The van der Waals surface area contributed by atoms with Crippen molar-refractivity contribution >= 4 is 5.97 Å². The summed E-state index contributed by atoms with van der Waals surface area (Å²) in [5.74, 6) is 1.07. The lowest BCUT2D eigenvalue weighted by molar-refractivity contribution is -0.167. The number of esters is 1. The van der Waals surface area contributed by atoms with Gasteiger partial charge in [-0.25, -0.2) is 4.79 Å². The summed E-state index contributed by atoms with van der Waals surface area (Å²) in [6, 6.07) is 13.8. The first-order chi connectivity index (χ1) is 13.3. The van der Waals surface area contributed by atoms with Gasteiger partial charge in [-0.05, 0) is 41.9 Å². The van der Waals surface area contributed by atoms with Gasteiger partial charge in [-0.3, -0.25) is 0 Å². The minimum atomic E-state index is -1.38. The van der Waals surface area contributed by atoms with E-state index >= 15 is 0 Å². The molecule has 0 saturated heterocycles. The first-order valence-electron chi connectivity index (χ1n) is 10.4.